The summed E-state index contributed by atoms with van der Waals surface area (Å²) in [6, 6.07) is 3.28. The zero-order chi connectivity index (χ0) is 11.9. The quantitative estimate of drug-likeness (QED) is 0.876. The molecule has 16 heavy (non-hydrogen) atoms. The van der Waals surface area contributed by atoms with Gasteiger partial charge in [0.25, 0.3) is 0 Å². The Morgan fingerprint density at radius 2 is 2.19 bits per heavy atom. The summed E-state index contributed by atoms with van der Waals surface area (Å²) in [6.45, 7) is 1.65. The molecule has 0 bridgehead atoms. The number of aryl methyl sites for hydroxylation is 1. The number of furan rings is 1. The Bertz CT molecular complexity index is 571. The monoisotopic (exact) mass is 240 g/mol. The third-order valence-electron chi connectivity index (χ3n) is 2.41. The predicted octanol–water partition coefficient (Wildman–Crippen LogP) is 3.10. The molecule has 0 aliphatic carbocycles. The summed E-state index contributed by atoms with van der Waals surface area (Å²) in [5.74, 6) is -0.705. The van der Waals surface area contributed by atoms with Crippen LogP contribution in [-0.2, 0) is 0 Å². The first kappa shape index (κ1) is 10.8. The van der Waals surface area contributed by atoms with Gasteiger partial charge in [-0.1, -0.05) is 11.6 Å². The second kappa shape index (κ2) is 3.72. The number of hydrogen-bond acceptors (Lipinski definition) is 3. The van der Waals surface area contributed by atoms with Crippen LogP contribution in [0.15, 0.2) is 16.5 Å². The van der Waals surface area contributed by atoms with Crippen molar-refractivity contribution in [1.82, 2.24) is 0 Å². The summed E-state index contributed by atoms with van der Waals surface area (Å²) >= 11 is 6.09. The van der Waals surface area contributed by atoms with Crippen LogP contribution in [0.5, 0.6) is 5.75 Å². The fourth-order valence-corrected chi connectivity index (χ4v) is 2.01. The Balaban J connectivity index is 2.83. The van der Waals surface area contributed by atoms with Crippen molar-refractivity contribution in [2.24, 2.45) is 0 Å². The van der Waals surface area contributed by atoms with Crippen LogP contribution in [0.2, 0.25) is 5.02 Å². The van der Waals surface area contributed by atoms with E-state index in [1.165, 1.54) is 7.11 Å². The van der Waals surface area contributed by atoms with Gasteiger partial charge < -0.3 is 14.3 Å². The number of ether oxygens (including phenoxy) is 1. The van der Waals surface area contributed by atoms with Crippen LogP contribution >= 0.6 is 11.6 Å². The summed E-state index contributed by atoms with van der Waals surface area (Å²) in [5, 5.41) is 9.87. The molecule has 84 valence electrons. The maximum absolute atomic E-state index is 10.9. The van der Waals surface area contributed by atoms with E-state index in [4.69, 9.17) is 25.9 Å². The molecular formula is C11H9ClO4. The molecule has 0 fully saturated rings. The number of carbonyl (C=O) groups is 1. The van der Waals surface area contributed by atoms with Gasteiger partial charge in [-0.2, -0.15) is 0 Å². The molecular weight excluding hydrogens is 232 g/mol. The van der Waals surface area contributed by atoms with Gasteiger partial charge in [0.2, 0.25) is 5.76 Å². The highest BCUT2D eigenvalue weighted by molar-refractivity contribution is 6.37. The fraction of sp³-hybridized carbons (Fsp3) is 0.182. The van der Waals surface area contributed by atoms with Crippen LogP contribution in [0.4, 0.5) is 0 Å². The number of fused-ring (bicyclic) bond motifs is 1. The smallest absolute Gasteiger partial charge is 0.372 e. The van der Waals surface area contributed by atoms with E-state index in [2.05, 4.69) is 0 Å². The third kappa shape index (κ3) is 1.42. The zero-order valence-electron chi connectivity index (χ0n) is 8.70. The Hall–Kier alpha value is -1.68. The molecule has 2 aromatic rings. The number of halogens is 1. The average molecular weight is 241 g/mol. The number of carboxylic acid groups (broad SMARTS) is 1. The number of methoxy groups -OCH3 is 1. The van der Waals surface area contributed by atoms with Crippen LogP contribution in [0.1, 0.15) is 16.1 Å². The van der Waals surface area contributed by atoms with E-state index in [-0.39, 0.29) is 5.76 Å². The number of aromatic carboxylic acids is 1. The van der Waals surface area contributed by atoms with Crippen molar-refractivity contribution in [3.05, 3.63) is 28.5 Å². The van der Waals surface area contributed by atoms with Crippen molar-refractivity contribution >= 4 is 28.5 Å². The molecule has 0 spiro atoms. The standard InChI is InChI=1S/C11H9ClO4/c1-5-8-6(16-10(5)11(13)14)3-4-7(15-2)9(8)12/h3-4H,1-2H3,(H,13,14). The van der Waals surface area contributed by atoms with E-state index in [0.717, 1.165) is 0 Å². The SMILES string of the molecule is COc1ccc2oc(C(=O)O)c(C)c2c1Cl. The highest BCUT2D eigenvalue weighted by Crippen LogP contribution is 2.37. The maximum atomic E-state index is 10.9. The van der Waals surface area contributed by atoms with E-state index < -0.39 is 5.97 Å². The van der Waals surface area contributed by atoms with Crippen molar-refractivity contribution in [2.45, 2.75) is 6.92 Å². The van der Waals surface area contributed by atoms with Gasteiger partial charge in [0, 0.05) is 10.9 Å². The third-order valence-corrected chi connectivity index (χ3v) is 2.79. The minimum atomic E-state index is -1.11. The van der Waals surface area contributed by atoms with Crippen molar-refractivity contribution in [2.75, 3.05) is 7.11 Å². The predicted molar refractivity (Wildman–Crippen MR) is 59.5 cm³/mol. The lowest BCUT2D eigenvalue weighted by molar-refractivity contribution is 0.0664. The summed E-state index contributed by atoms with van der Waals surface area (Å²) in [4.78, 5) is 10.9. The van der Waals surface area contributed by atoms with Crippen LogP contribution < -0.4 is 4.74 Å². The number of carboxylic acids is 1. The molecule has 1 aromatic carbocycles. The molecule has 0 atom stereocenters. The van der Waals surface area contributed by atoms with Crippen molar-refractivity contribution in [1.29, 1.82) is 0 Å². The molecule has 4 nitrogen and oxygen atoms in total. The Labute approximate surface area is 96.4 Å². The highest BCUT2D eigenvalue weighted by Gasteiger charge is 2.20. The molecule has 0 aliphatic heterocycles. The second-order valence-corrected chi connectivity index (χ2v) is 3.69. The van der Waals surface area contributed by atoms with E-state index in [1.807, 2.05) is 0 Å². The van der Waals surface area contributed by atoms with Gasteiger partial charge >= 0.3 is 5.97 Å². The minimum Gasteiger partial charge on any atom is -0.495 e. The van der Waals surface area contributed by atoms with Gasteiger partial charge in [0.15, 0.2) is 0 Å². The summed E-state index contributed by atoms with van der Waals surface area (Å²) < 4.78 is 10.3. The van der Waals surface area contributed by atoms with Crippen LogP contribution in [-0.4, -0.2) is 18.2 Å². The number of benzene rings is 1. The first-order valence-electron chi connectivity index (χ1n) is 4.55. The Kier molecular flexibility index (Phi) is 2.52. The van der Waals surface area contributed by atoms with Crippen molar-refractivity contribution < 1.29 is 19.1 Å². The molecule has 1 N–H and O–H groups in total. The Morgan fingerprint density at radius 1 is 1.50 bits per heavy atom. The normalized spacial score (nSPS) is 10.7. The molecule has 0 amide bonds. The molecule has 0 radical (unpaired) electrons. The van der Waals surface area contributed by atoms with E-state index in [0.29, 0.717) is 27.3 Å². The summed E-state index contributed by atoms with van der Waals surface area (Å²) in [5.41, 5.74) is 0.951. The lowest BCUT2D eigenvalue weighted by Gasteiger charge is -2.02. The molecule has 0 saturated heterocycles. The number of hydrogen-bond donors (Lipinski definition) is 1. The van der Waals surface area contributed by atoms with E-state index in [1.54, 1.807) is 19.1 Å². The van der Waals surface area contributed by atoms with Gasteiger partial charge in [-0.15, -0.1) is 0 Å². The van der Waals surface area contributed by atoms with Gasteiger partial charge in [0.1, 0.15) is 11.3 Å². The molecule has 0 aliphatic rings. The van der Waals surface area contributed by atoms with Crippen LogP contribution in [0, 0.1) is 6.92 Å². The second-order valence-electron chi connectivity index (χ2n) is 3.32. The van der Waals surface area contributed by atoms with E-state index >= 15 is 0 Å². The topological polar surface area (TPSA) is 59.7 Å². The first-order valence-corrected chi connectivity index (χ1v) is 4.93. The average Bonchev–Trinajstić information content (AvgIpc) is 2.57. The van der Waals surface area contributed by atoms with Crippen LogP contribution in [0.3, 0.4) is 0 Å². The van der Waals surface area contributed by atoms with E-state index in [9.17, 15) is 4.79 Å². The Morgan fingerprint density at radius 3 is 2.75 bits per heavy atom. The lowest BCUT2D eigenvalue weighted by Crippen LogP contribution is -1.95. The molecule has 5 heteroatoms. The molecule has 0 unspecified atom stereocenters. The largest absolute Gasteiger partial charge is 0.495 e. The lowest BCUT2D eigenvalue weighted by atomic mass is 10.1. The minimum absolute atomic E-state index is 0.0925. The van der Waals surface area contributed by atoms with Crippen molar-refractivity contribution in [3.63, 3.8) is 0 Å². The van der Waals surface area contributed by atoms with Crippen LogP contribution in [0.25, 0.3) is 11.0 Å². The number of rotatable bonds is 2. The molecule has 2 rings (SSSR count). The highest BCUT2D eigenvalue weighted by atomic mass is 35.5. The van der Waals surface area contributed by atoms with Gasteiger partial charge in [0.05, 0.1) is 12.1 Å². The summed E-state index contributed by atoms with van der Waals surface area (Å²) in [7, 11) is 1.50. The van der Waals surface area contributed by atoms with Gasteiger partial charge in [-0.25, -0.2) is 4.79 Å². The zero-order valence-corrected chi connectivity index (χ0v) is 9.46. The molecule has 0 saturated carbocycles. The van der Waals surface area contributed by atoms with Crippen molar-refractivity contribution in [3.8, 4) is 5.75 Å². The molecule has 1 heterocycles. The fourth-order valence-electron chi connectivity index (χ4n) is 1.64. The van der Waals surface area contributed by atoms with Gasteiger partial charge in [-0.3, -0.25) is 0 Å². The molecule has 1 aromatic heterocycles. The first-order chi connectivity index (χ1) is 7.56. The van der Waals surface area contributed by atoms with Gasteiger partial charge in [-0.05, 0) is 19.1 Å². The maximum Gasteiger partial charge on any atom is 0.372 e. The summed E-state index contributed by atoms with van der Waals surface area (Å²) in [6.07, 6.45) is 0.